The van der Waals surface area contributed by atoms with Crippen molar-refractivity contribution >= 4 is 22.8 Å². The van der Waals surface area contributed by atoms with Gasteiger partial charge in [0.25, 0.3) is 0 Å². The summed E-state index contributed by atoms with van der Waals surface area (Å²) in [5, 5.41) is 4.33. The maximum Gasteiger partial charge on any atom is 0.414 e. The Kier molecular flexibility index (Phi) is 3.31. The van der Waals surface area contributed by atoms with Crippen molar-refractivity contribution in [3.63, 3.8) is 0 Å². The number of cyclic esters (lactones) is 1. The number of carbonyl (C=O) groups excluding carboxylic acids is 1. The lowest BCUT2D eigenvalue weighted by Crippen LogP contribution is -2.43. The molecule has 2 fully saturated rings. The molecule has 1 saturated heterocycles. The summed E-state index contributed by atoms with van der Waals surface area (Å²) < 4.78 is 10.6. The molecule has 2 aromatic heterocycles. The van der Waals surface area contributed by atoms with E-state index in [9.17, 15) is 4.79 Å². The van der Waals surface area contributed by atoms with Gasteiger partial charge < -0.3 is 14.8 Å². The highest BCUT2D eigenvalue weighted by Gasteiger charge is 2.44. The van der Waals surface area contributed by atoms with Gasteiger partial charge in [-0.3, -0.25) is 4.90 Å². The normalized spacial score (nSPS) is 28.0. The zero-order valence-electron chi connectivity index (χ0n) is 14.1. The van der Waals surface area contributed by atoms with Crippen molar-refractivity contribution in [2.75, 3.05) is 25.1 Å². The van der Waals surface area contributed by atoms with Gasteiger partial charge in [0.1, 0.15) is 6.61 Å². The van der Waals surface area contributed by atoms with Crippen LogP contribution in [0.5, 0.6) is 5.88 Å². The van der Waals surface area contributed by atoms with Crippen LogP contribution in [-0.4, -0.2) is 42.3 Å². The Morgan fingerprint density at radius 2 is 2.08 bits per heavy atom. The second kappa shape index (κ2) is 5.56. The Bertz CT molecular complexity index is 844. The highest BCUT2D eigenvalue weighted by Crippen LogP contribution is 2.43. The molecule has 1 saturated carbocycles. The van der Waals surface area contributed by atoms with E-state index in [1.807, 2.05) is 17.0 Å². The molecule has 0 spiro atoms. The van der Waals surface area contributed by atoms with Crippen LogP contribution in [0.3, 0.4) is 0 Å². The fourth-order valence-electron chi connectivity index (χ4n) is 4.57. The number of carbonyl (C=O) groups is 1. The van der Waals surface area contributed by atoms with Crippen LogP contribution in [0.4, 0.5) is 10.5 Å². The Morgan fingerprint density at radius 1 is 1.28 bits per heavy atom. The lowest BCUT2D eigenvalue weighted by atomic mass is 10.0. The van der Waals surface area contributed by atoms with Crippen LogP contribution in [-0.2, 0) is 11.3 Å². The van der Waals surface area contributed by atoms with E-state index >= 15 is 0 Å². The van der Waals surface area contributed by atoms with Crippen molar-refractivity contribution in [3.05, 3.63) is 23.9 Å². The molecular formula is C18H20N4O3. The molecule has 2 unspecified atom stereocenters. The number of nitrogens with one attached hydrogen (secondary N) is 1. The van der Waals surface area contributed by atoms with E-state index < -0.39 is 0 Å². The largest absolute Gasteiger partial charge is 0.481 e. The van der Waals surface area contributed by atoms with Crippen LogP contribution >= 0.6 is 0 Å². The number of methoxy groups -OCH3 is 1. The lowest BCUT2D eigenvalue weighted by Gasteiger charge is -2.34. The Labute approximate surface area is 145 Å². The summed E-state index contributed by atoms with van der Waals surface area (Å²) in [5.74, 6) is 1.82. The molecule has 0 aromatic carbocycles. The summed E-state index contributed by atoms with van der Waals surface area (Å²) >= 11 is 0. The average Bonchev–Trinajstić information content (AvgIpc) is 3.22. The molecule has 7 nitrogen and oxygen atoms in total. The van der Waals surface area contributed by atoms with Gasteiger partial charge in [0.05, 0.1) is 12.8 Å². The highest BCUT2D eigenvalue weighted by atomic mass is 16.6. The van der Waals surface area contributed by atoms with Gasteiger partial charge in [0.2, 0.25) is 5.88 Å². The molecule has 2 atom stereocenters. The SMILES string of the molecule is COc1ccc2c3c(cnc2n1)COC(=O)N3C1CC2CNCC2C1. The number of rotatable bonds is 2. The zero-order chi connectivity index (χ0) is 17.0. The Balaban J connectivity index is 1.61. The Morgan fingerprint density at radius 3 is 2.84 bits per heavy atom. The topological polar surface area (TPSA) is 76.6 Å². The number of nitrogens with zero attached hydrogens (tertiary/aromatic N) is 3. The van der Waals surface area contributed by atoms with Gasteiger partial charge in [-0.05, 0) is 43.8 Å². The molecule has 7 heteroatoms. The lowest BCUT2D eigenvalue weighted by molar-refractivity contribution is 0.138. The van der Waals surface area contributed by atoms with Gasteiger partial charge >= 0.3 is 6.09 Å². The van der Waals surface area contributed by atoms with Gasteiger partial charge in [0, 0.05) is 29.3 Å². The average molecular weight is 340 g/mol. The number of hydrogen-bond acceptors (Lipinski definition) is 6. The fourth-order valence-corrected chi connectivity index (χ4v) is 4.57. The molecule has 1 amide bonds. The molecule has 0 radical (unpaired) electrons. The van der Waals surface area contributed by atoms with E-state index in [0.717, 1.165) is 42.6 Å². The first-order valence-electron chi connectivity index (χ1n) is 8.74. The maximum atomic E-state index is 12.7. The summed E-state index contributed by atoms with van der Waals surface area (Å²) in [5.41, 5.74) is 2.45. The first kappa shape index (κ1) is 14.9. The van der Waals surface area contributed by atoms with Crippen LogP contribution in [0.1, 0.15) is 18.4 Å². The monoisotopic (exact) mass is 340 g/mol. The second-order valence-electron chi connectivity index (χ2n) is 7.09. The minimum Gasteiger partial charge on any atom is -0.481 e. The molecule has 2 aliphatic heterocycles. The van der Waals surface area contributed by atoms with Crippen molar-refractivity contribution in [1.29, 1.82) is 0 Å². The third-order valence-electron chi connectivity index (χ3n) is 5.74. The number of aromatic nitrogens is 2. The van der Waals surface area contributed by atoms with Crippen LogP contribution in [0.25, 0.3) is 11.0 Å². The van der Waals surface area contributed by atoms with Gasteiger partial charge in [-0.15, -0.1) is 0 Å². The van der Waals surface area contributed by atoms with Crippen molar-refractivity contribution < 1.29 is 14.3 Å². The van der Waals surface area contributed by atoms with E-state index in [1.165, 1.54) is 0 Å². The molecule has 3 aliphatic rings. The number of anilines is 1. The van der Waals surface area contributed by atoms with Gasteiger partial charge in [-0.1, -0.05) is 0 Å². The number of pyridine rings is 2. The van der Waals surface area contributed by atoms with Crippen LogP contribution in [0.2, 0.25) is 0 Å². The fraction of sp³-hybridized carbons (Fsp3) is 0.500. The molecule has 1 N–H and O–H groups in total. The van der Waals surface area contributed by atoms with Crippen molar-refractivity contribution in [2.45, 2.75) is 25.5 Å². The minimum atomic E-state index is -0.256. The first-order valence-corrected chi connectivity index (χ1v) is 8.74. The van der Waals surface area contributed by atoms with Crippen molar-refractivity contribution in [2.24, 2.45) is 11.8 Å². The quantitative estimate of drug-likeness (QED) is 0.902. The van der Waals surface area contributed by atoms with E-state index in [2.05, 4.69) is 15.3 Å². The van der Waals surface area contributed by atoms with Crippen LogP contribution in [0, 0.1) is 11.8 Å². The predicted molar refractivity (Wildman–Crippen MR) is 91.6 cm³/mol. The molecule has 1 aliphatic carbocycles. The van der Waals surface area contributed by atoms with Crippen molar-refractivity contribution in [1.82, 2.24) is 15.3 Å². The van der Waals surface area contributed by atoms with Crippen LogP contribution in [0.15, 0.2) is 18.3 Å². The third-order valence-corrected chi connectivity index (χ3v) is 5.74. The number of hydrogen-bond donors (Lipinski definition) is 1. The molecule has 2 aromatic rings. The number of amides is 1. The molecule has 4 heterocycles. The van der Waals surface area contributed by atoms with Gasteiger partial charge in [-0.25, -0.2) is 9.78 Å². The Hall–Kier alpha value is -2.41. The highest BCUT2D eigenvalue weighted by molar-refractivity contribution is 6.02. The molecule has 0 bridgehead atoms. The summed E-state index contributed by atoms with van der Waals surface area (Å²) in [6, 6.07) is 3.93. The van der Waals surface area contributed by atoms with E-state index in [4.69, 9.17) is 9.47 Å². The second-order valence-corrected chi connectivity index (χ2v) is 7.09. The van der Waals surface area contributed by atoms with Crippen LogP contribution < -0.4 is 15.0 Å². The zero-order valence-corrected chi connectivity index (χ0v) is 14.1. The van der Waals surface area contributed by atoms with Gasteiger partial charge in [-0.2, -0.15) is 4.98 Å². The maximum absolute atomic E-state index is 12.7. The molecule has 5 rings (SSSR count). The number of ether oxygens (including phenoxy) is 2. The smallest absolute Gasteiger partial charge is 0.414 e. The van der Waals surface area contributed by atoms with E-state index in [0.29, 0.717) is 23.4 Å². The van der Waals surface area contributed by atoms with E-state index in [-0.39, 0.29) is 18.7 Å². The predicted octanol–water partition coefficient (Wildman–Crippen LogP) is 2.09. The standard InChI is InChI=1S/C18H20N4O3/c1-24-15-3-2-14-16-12(8-20-17(14)21-15)9-25-18(23)22(16)13-4-10-6-19-7-11(10)5-13/h2-3,8,10-11,13,19H,4-7,9H2,1H3. The summed E-state index contributed by atoms with van der Waals surface area (Å²) in [4.78, 5) is 23.4. The minimum absolute atomic E-state index is 0.177. The first-order chi connectivity index (χ1) is 12.2. The summed E-state index contributed by atoms with van der Waals surface area (Å²) in [7, 11) is 1.58. The van der Waals surface area contributed by atoms with Crippen molar-refractivity contribution in [3.8, 4) is 5.88 Å². The van der Waals surface area contributed by atoms with E-state index in [1.54, 1.807) is 13.3 Å². The third kappa shape index (κ3) is 2.26. The van der Waals surface area contributed by atoms with Gasteiger partial charge in [0.15, 0.2) is 5.65 Å². The molecular weight excluding hydrogens is 320 g/mol. The summed E-state index contributed by atoms with van der Waals surface area (Å²) in [6.45, 7) is 2.36. The molecule has 25 heavy (non-hydrogen) atoms. The number of fused-ring (bicyclic) bond motifs is 4. The summed E-state index contributed by atoms with van der Waals surface area (Å²) in [6.07, 6.45) is 3.54. The molecule has 130 valence electrons.